The third-order valence-electron chi connectivity index (χ3n) is 3.50. The Labute approximate surface area is 163 Å². The van der Waals surface area contributed by atoms with Crippen LogP contribution in [0.5, 0.6) is 0 Å². The molecule has 0 aliphatic carbocycles. The normalized spacial score (nSPS) is 11.0. The van der Waals surface area contributed by atoms with E-state index in [1.807, 2.05) is 0 Å². The van der Waals surface area contributed by atoms with Gasteiger partial charge in [0.2, 0.25) is 0 Å². The highest BCUT2D eigenvalue weighted by Gasteiger charge is 2.16. The van der Waals surface area contributed by atoms with Gasteiger partial charge in [0, 0.05) is 10.7 Å². The second kappa shape index (κ2) is 7.85. The second-order valence-corrected chi connectivity index (χ2v) is 8.05. The smallest absolute Gasteiger partial charge is 0.261 e. The van der Waals surface area contributed by atoms with E-state index in [1.165, 1.54) is 48.8 Å². The van der Waals surface area contributed by atoms with Gasteiger partial charge in [-0.25, -0.2) is 12.8 Å². The summed E-state index contributed by atoms with van der Waals surface area (Å²) >= 11 is 3.24. The lowest BCUT2D eigenvalue weighted by Gasteiger charge is -2.10. The Morgan fingerprint density at radius 1 is 1.04 bits per heavy atom. The molecule has 2 aromatic carbocycles. The zero-order valence-electron chi connectivity index (χ0n) is 13.7. The second-order valence-electron chi connectivity index (χ2n) is 5.46. The molecule has 1 heterocycles. The van der Waals surface area contributed by atoms with Crippen molar-refractivity contribution in [2.45, 2.75) is 4.90 Å². The van der Waals surface area contributed by atoms with Crippen LogP contribution in [-0.4, -0.2) is 19.3 Å². The van der Waals surface area contributed by atoms with Gasteiger partial charge in [0.1, 0.15) is 5.82 Å². The van der Waals surface area contributed by atoms with E-state index in [0.29, 0.717) is 0 Å². The molecule has 0 aliphatic heterocycles. The Bertz CT molecular complexity index is 1090. The molecule has 0 atom stereocenters. The zero-order valence-corrected chi connectivity index (χ0v) is 16.1. The molecule has 6 nitrogen and oxygen atoms in total. The van der Waals surface area contributed by atoms with E-state index in [4.69, 9.17) is 0 Å². The fraction of sp³-hybridized carbons (Fsp3) is 0. The van der Waals surface area contributed by atoms with Crippen molar-refractivity contribution < 1.29 is 17.6 Å². The van der Waals surface area contributed by atoms with Gasteiger partial charge in [0.25, 0.3) is 15.9 Å². The van der Waals surface area contributed by atoms with Crippen molar-refractivity contribution in [1.29, 1.82) is 0 Å². The molecule has 1 aromatic heterocycles. The van der Waals surface area contributed by atoms with Gasteiger partial charge in [-0.15, -0.1) is 0 Å². The van der Waals surface area contributed by atoms with E-state index < -0.39 is 21.7 Å². The molecule has 0 spiro atoms. The lowest BCUT2D eigenvalue weighted by molar-refractivity contribution is 0.102. The van der Waals surface area contributed by atoms with Crippen LogP contribution >= 0.6 is 15.9 Å². The van der Waals surface area contributed by atoms with Crippen LogP contribution in [0.2, 0.25) is 0 Å². The molecule has 0 bridgehead atoms. The van der Waals surface area contributed by atoms with Crippen molar-refractivity contribution in [2.75, 3.05) is 10.0 Å². The van der Waals surface area contributed by atoms with E-state index >= 15 is 0 Å². The molecule has 0 aliphatic rings. The van der Waals surface area contributed by atoms with E-state index in [-0.39, 0.29) is 21.8 Å². The Hall–Kier alpha value is -2.78. The number of nitrogens with zero attached hydrogens (tertiary/aromatic N) is 1. The quantitative estimate of drug-likeness (QED) is 0.615. The number of benzene rings is 2. The molecule has 138 valence electrons. The summed E-state index contributed by atoms with van der Waals surface area (Å²) in [5.41, 5.74) is 0.205. The third kappa shape index (κ3) is 4.69. The molecule has 2 N–H and O–H groups in total. The lowest BCUT2D eigenvalue weighted by Crippen LogP contribution is -2.16. The number of hydrogen-bond donors (Lipinski definition) is 2. The van der Waals surface area contributed by atoms with Gasteiger partial charge in [-0.3, -0.25) is 14.5 Å². The minimum atomic E-state index is -3.84. The predicted molar refractivity (Wildman–Crippen MR) is 104 cm³/mol. The van der Waals surface area contributed by atoms with Gasteiger partial charge in [0.15, 0.2) is 0 Å². The van der Waals surface area contributed by atoms with Crippen LogP contribution in [0.1, 0.15) is 10.4 Å². The van der Waals surface area contributed by atoms with Crippen LogP contribution in [-0.2, 0) is 10.0 Å². The van der Waals surface area contributed by atoms with Crippen LogP contribution in [0.4, 0.5) is 15.8 Å². The van der Waals surface area contributed by atoms with Gasteiger partial charge in [0.05, 0.1) is 28.0 Å². The zero-order chi connectivity index (χ0) is 19.4. The van der Waals surface area contributed by atoms with Gasteiger partial charge >= 0.3 is 0 Å². The number of aromatic nitrogens is 1. The molecule has 0 fully saturated rings. The number of carbonyl (C=O) groups excluding carboxylic acids is 1. The highest BCUT2D eigenvalue weighted by atomic mass is 79.9. The number of amides is 1. The van der Waals surface area contributed by atoms with Crippen molar-refractivity contribution in [3.63, 3.8) is 0 Å². The largest absolute Gasteiger partial charge is 0.319 e. The van der Waals surface area contributed by atoms with Gasteiger partial charge in [-0.05, 0) is 42.5 Å². The van der Waals surface area contributed by atoms with Crippen LogP contribution in [0.15, 0.2) is 76.4 Å². The highest BCUT2D eigenvalue weighted by molar-refractivity contribution is 9.10. The summed E-state index contributed by atoms with van der Waals surface area (Å²) in [6, 6.07) is 13.1. The SMILES string of the molecule is O=C(Nc1ccccc1F)c1cncc(NS(=O)(=O)c2ccc(Br)cc2)c1. The van der Waals surface area contributed by atoms with Gasteiger partial charge in [-0.1, -0.05) is 28.1 Å². The number of nitrogens with one attached hydrogen (secondary N) is 2. The predicted octanol–water partition coefficient (Wildman–Crippen LogP) is 4.04. The van der Waals surface area contributed by atoms with Gasteiger partial charge in [-0.2, -0.15) is 0 Å². The summed E-state index contributed by atoms with van der Waals surface area (Å²) in [5, 5.41) is 2.42. The molecule has 0 radical (unpaired) electrons. The number of anilines is 2. The van der Waals surface area contributed by atoms with E-state index in [1.54, 1.807) is 18.2 Å². The first-order valence-corrected chi connectivity index (χ1v) is 9.92. The number of para-hydroxylation sites is 1. The first-order valence-electron chi connectivity index (χ1n) is 7.64. The number of pyridine rings is 1. The molecule has 9 heteroatoms. The van der Waals surface area contributed by atoms with Gasteiger partial charge < -0.3 is 5.32 Å². The summed E-state index contributed by atoms with van der Waals surface area (Å²) in [5.74, 6) is -1.19. The maximum Gasteiger partial charge on any atom is 0.261 e. The average molecular weight is 450 g/mol. The van der Waals surface area contributed by atoms with Crippen molar-refractivity contribution >= 4 is 43.2 Å². The fourth-order valence-corrected chi connectivity index (χ4v) is 3.50. The maximum absolute atomic E-state index is 13.7. The Morgan fingerprint density at radius 3 is 2.44 bits per heavy atom. The summed E-state index contributed by atoms with van der Waals surface area (Å²) in [4.78, 5) is 16.2. The Balaban J connectivity index is 1.80. The molecule has 0 unspecified atom stereocenters. The number of rotatable bonds is 5. The fourth-order valence-electron chi connectivity index (χ4n) is 2.20. The lowest BCUT2D eigenvalue weighted by atomic mass is 10.2. The molecule has 27 heavy (non-hydrogen) atoms. The molecule has 0 saturated heterocycles. The highest BCUT2D eigenvalue weighted by Crippen LogP contribution is 2.19. The first kappa shape index (κ1) is 19.0. The van der Waals surface area contributed by atoms with Crippen LogP contribution in [0.25, 0.3) is 0 Å². The number of sulfonamides is 1. The molecule has 3 rings (SSSR count). The Kier molecular flexibility index (Phi) is 5.52. The molecular formula is C18H13BrFN3O3S. The van der Waals surface area contributed by atoms with Crippen LogP contribution in [0.3, 0.4) is 0 Å². The summed E-state index contributed by atoms with van der Waals surface area (Å²) in [6.45, 7) is 0. The Morgan fingerprint density at radius 2 is 1.74 bits per heavy atom. The van der Waals surface area contributed by atoms with Crippen molar-refractivity contribution in [2.24, 2.45) is 0 Å². The minimum Gasteiger partial charge on any atom is -0.319 e. The topological polar surface area (TPSA) is 88.2 Å². The first-order chi connectivity index (χ1) is 12.8. The minimum absolute atomic E-state index is 0.0170. The van der Waals surface area contributed by atoms with Crippen molar-refractivity contribution in [3.05, 3.63) is 82.8 Å². The van der Waals surface area contributed by atoms with E-state index in [0.717, 1.165) is 4.47 Å². The van der Waals surface area contributed by atoms with Crippen LogP contribution < -0.4 is 10.0 Å². The van der Waals surface area contributed by atoms with Crippen molar-refractivity contribution in [1.82, 2.24) is 4.98 Å². The van der Waals surface area contributed by atoms with Crippen LogP contribution in [0, 0.1) is 5.82 Å². The maximum atomic E-state index is 13.7. The third-order valence-corrected chi connectivity index (χ3v) is 5.42. The summed E-state index contributed by atoms with van der Waals surface area (Å²) in [7, 11) is -3.84. The number of halogens is 2. The van der Waals surface area contributed by atoms with Crippen molar-refractivity contribution in [3.8, 4) is 0 Å². The van der Waals surface area contributed by atoms with E-state index in [9.17, 15) is 17.6 Å². The number of hydrogen-bond acceptors (Lipinski definition) is 4. The standard InChI is InChI=1S/C18H13BrFN3O3S/c19-13-5-7-15(8-6-13)27(25,26)23-14-9-12(10-21-11-14)18(24)22-17-4-2-1-3-16(17)20/h1-11,23H,(H,22,24). The summed E-state index contributed by atoms with van der Waals surface area (Å²) in [6.07, 6.45) is 2.53. The average Bonchev–Trinajstić information content (AvgIpc) is 2.64. The number of carbonyl (C=O) groups is 1. The summed E-state index contributed by atoms with van der Waals surface area (Å²) < 4.78 is 41.6. The molecule has 0 saturated carbocycles. The molecular weight excluding hydrogens is 437 g/mol. The molecule has 3 aromatic rings. The monoisotopic (exact) mass is 449 g/mol. The molecule has 1 amide bonds. The van der Waals surface area contributed by atoms with E-state index in [2.05, 4.69) is 31.0 Å².